The lowest BCUT2D eigenvalue weighted by molar-refractivity contribution is -0.155. The van der Waals surface area contributed by atoms with Crippen LogP contribution in [0.15, 0.2) is 0 Å². The second-order valence-corrected chi connectivity index (χ2v) is 4.63. The number of rotatable bonds is 6. The van der Waals surface area contributed by atoms with Crippen LogP contribution >= 0.6 is 0 Å². The molecule has 0 aromatic carbocycles. The van der Waals surface area contributed by atoms with Crippen molar-refractivity contribution in [3.05, 3.63) is 0 Å². The van der Waals surface area contributed by atoms with Gasteiger partial charge in [-0.3, -0.25) is 4.79 Å². The zero-order chi connectivity index (χ0) is 11.8. The molecule has 0 aromatic heterocycles. The fourth-order valence-electron chi connectivity index (χ4n) is 2.11. The van der Waals surface area contributed by atoms with E-state index in [9.17, 15) is 4.79 Å². The molecule has 0 radical (unpaired) electrons. The predicted octanol–water partition coefficient (Wildman–Crippen LogP) is 2.50. The monoisotopic (exact) mass is 227 g/mol. The summed E-state index contributed by atoms with van der Waals surface area (Å²) in [6.07, 6.45) is 6.26. The molecule has 0 aliphatic carbocycles. The first-order valence-electron chi connectivity index (χ1n) is 6.69. The van der Waals surface area contributed by atoms with Gasteiger partial charge < -0.3 is 10.1 Å². The second-order valence-electron chi connectivity index (χ2n) is 4.63. The van der Waals surface area contributed by atoms with Gasteiger partial charge in [-0.15, -0.1) is 0 Å². The van der Waals surface area contributed by atoms with Crippen LogP contribution in [0, 0.1) is 5.92 Å². The van der Waals surface area contributed by atoms with Gasteiger partial charge >= 0.3 is 5.97 Å². The highest BCUT2D eigenvalue weighted by atomic mass is 16.5. The van der Waals surface area contributed by atoms with E-state index in [1.54, 1.807) is 0 Å². The van der Waals surface area contributed by atoms with E-state index in [1.807, 2.05) is 0 Å². The average molecular weight is 227 g/mol. The number of esters is 1. The molecule has 16 heavy (non-hydrogen) atoms. The molecule has 1 atom stereocenters. The number of nitrogens with one attached hydrogen (secondary N) is 1. The number of unbranched alkanes of at least 4 members (excludes halogenated alkanes) is 1. The summed E-state index contributed by atoms with van der Waals surface area (Å²) >= 11 is 0. The molecule has 1 unspecified atom stereocenters. The fraction of sp³-hybridized carbons (Fsp3) is 0.923. The van der Waals surface area contributed by atoms with Gasteiger partial charge in [0.1, 0.15) is 6.10 Å². The minimum absolute atomic E-state index is 0.0304. The number of carbonyl (C=O) groups excluding carboxylic acids is 1. The van der Waals surface area contributed by atoms with E-state index in [-0.39, 0.29) is 18.0 Å². The largest absolute Gasteiger partial charge is 0.462 e. The summed E-state index contributed by atoms with van der Waals surface area (Å²) in [6.45, 7) is 6.18. The van der Waals surface area contributed by atoms with Crippen LogP contribution in [0.5, 0.6) is 0 Å². The Morgan fingerprint density at radius 2 is 2.06 bits per heavy atom. The zero-order valence-corrected chi connectivity index (χ0v) is 10.6. The Kier molecular flexibility index (Phi) is 6.46. The molecular weight excluding hydrogens is 202 g/mol. The Morgan fingerprint density at radius 3 is 2.62 bits per heavy atom. The van der Waals surface area contributed by atoms with Crippen LogP contribution in [0.4, 0.5) is 0 Å². The number of piperidine rings is 1. The predicted molar refractivity (Wildman–Crippen MR) is 65.3 cm³/mol. The molecule has 94 valence electrons. The van der Waals surface area contributed by atoms with E-state index in [0.717, 1.165) is 51.6 Å². The second kappa shape index (κ2) is 7.66. The molecule has 1 aliphatic rings. The molecular formula is C13H25NO2. The van der Waals surface area contributed by atoms with Crippen LogP contribution in [0.3, 0.4) is 0 Å². The van der Waals surface area contributed by atoms with Crippen LogP contribution in [-0.2, 0) is 9.53 Å². The van der Waals surface area contributed by atoms with Crippen molar-refractivity contribution in [2.24, 2.45) is 5.92 Å². The molecule has 1 N–H and O–H groups in total. The maximum absolute atomic E-state index is 11.9. The minimum atomic E-state index is 0.0304. The lowest BCUT2D eigenvalue weighted by Gasteiger charge is -2.24. The van der Waals surface area contributed by atoms with Crippen molar-refractivity contribution < 1.29 is 9.53 Å². The molecule has 0 spiro atoms. The quantitative estimate of drug-likeness (QED) is 0.709. The van der Waals surface area contributed by atoms with Gasteiger partial charge in [0, 0.05) is 0 Å². The Bertz CT molecular complexity index is 200. The third kappa shape index (κ3) is 4.52. The van der Waals surface area contributed by atoms with Gasteiger partial charge in [-0.05, 0) is 38.8 Å². The molecule has 0 bridgehead atoms. The third-order valence-electron chi connectivity index (χ3n) is 3.30. The average Bonchev–Trinajstić information content (AvgIpc) is 2.31. The van der Waals surface area contributed by atoms with Crippen LogP contribution in [0.2, 0.25) is 0 Å². The highest BCUT2D eigenvalue weighted by Crippen LogP contribution is 2.17. The molecule has 1 fully saturated rings. The maximum Gasteiger partial charge on any atom is 0.309 e. The lowest BCUT2D eigenvalue weighted by atomic mass is 9.99. The Balaban J connectivity index is 2.29. The minimum Gasteiger partial charge on any atom is -0.462 e. The molecule has 3 nitrogen and oxygen atoms in total. The van der Waals surface area contributed by atoms with E-state index in [1.165, 1.54) is 0 Å². The smallest absolute Gasteiger partial charge is 0.309 e. The summed E-state index contributed by atoms with van der Waals surface area (Å²) in [5, 5.41) is 3.27. The lowest BCUT2D eigenvalue weighted by Crippen LogP contribution is -2.35. The number of carbonyl (C=O) groups is 1. The van der Waals surface area contributed by atoms with Gasteiger partial charge in [-0.2, -0.15) is 0 Å². The van der Waals surface area contributed by atoms with Crippen LogP contribution in [0.1, 0.15) is 52.4 Å². The van der Waals surface area contributed by atoms with E-state index in [0.29, 0.717) is 0 Å². The molecule has 1 aliphatic heterocycles. The van der Waals surface area contributed by atoms with Crippen LogP contribution < -0.4 is 5.32 Å². The van der Waals surface area contributed by atoms with Crippen molar-refractivity contribution >= 4 is 5.97 Å². The van der Waals surface area contributed by atoms with Gasteiger partial charge in [0.25, 0.3) is 0 Å². The molecule has 1 rings (SSSR count). The summed E-state index contributed by atoms with van der Waals surface area (Å²) in [5.41, 5.74) is 0. The first-order valence-corrected chi connectivity index (χ1v) is 6.69. The maximum atomic E-state index is 11.9. The number of hydrogen-bond acceptors (Lipinski definition) is 3. The highest BCUT2D eigenvalue weighted by Gasteiger charge is 2.22. The van der Waals surface area contributed by atoms with Crippen molar-refractivity contribution in [2.45, 2.75) is 58.5 Å². The molecule has 1 saturated heterocycles. The van der Waals surface area contributed by atoms with Crippen molar-refractivity contribution in [3.63, 3.8) is 0 Å². The van der Waals surface area contributed by atoms with Gasteiger partial charge in [0.15, 0.2) is 0 Å². The SMILES string of the molecule is CCCCC(CC)C(=O)OC1CCNCC1. The van der Waals surface area contributed by atoms with Crippen molar-refractivity contribution in [1.29, 1.82) is 0 Å². The summed E-state index contributed by atoms with van der Waals surface area (Å²) in [6, 6.07) is 0. The summed E-state index contributed by atoms with van der Waals surface area (Å²) in [5.74, 6) is 0.151. The van der Waals surface area contributed by atoms with Gasteiger partial charge in [-0.1, -0.05) is 26.7 Å². The Labute approximate surface area is 98.9 Å². The van der Waals surface area contributed by atoms with E-state index in [4.69, 9.17) is 4.74 Å². The van der Waals surface area contributed by atoms with Crippen molar-refractivity contribution in [1.82, 2.24) is 5.32 Å². The number of ether oxygens (including phenoxy) is 1. The topological polar surface area (TPSA) is 38.3 Å². The van der Waals surface area contributed by atoms with Gasteiger partial charge in [0.05, 0.1) is 5.92 Å². The normalized spacial score (nSPS) is 19.4. The van der Waals surface area contributed by atoms with E-state index >= 15 is 0 Å². The standard InChI is InChI=1S/C13H25NO2/c1-3-5-6-11(4-2)13(15)16-12-7-9-14-10-8-12/h11-12,14H,3-10H2,1-2H3. The molecule has 1 heterocycles. The van der Waals surface area contributed by atoms with Crippen molar-refractivity contribution in [2.75, 3.05) is 13.1 Å². The van der Waals surface area contributed by atoms with E-state index in [2.05, 4.69) is 19.2 Å². The Morgan fingerprint density at radius 1 is 1.38 bits per heavy atom. The highest BCUT2D eigenvalue weighted by molar-refractivity contribution is 5.72. The fourth-order valence-corrected chi connectivity index (χ4v) is 2.11. The molecule has 0 aromatic rings. The van der Waals surface area contributed by atoms with Crippen LogP contribution in [-0.4, -0.2) is 25.2 Å². The van der Waals surface area contributed by atoms with E-state index < -0.39 is 0 Å². The zero-order valence-electron chi connectivity index (χ0n) is 10.6. The first-order chi connectivity index (χ1) is 7.77. The molecule has 0 amide bonds. The summed E-state index contributed by atoms with van der Waals surface area (Å²) < 4.78 is 5.56. The summed E-state index contributed by atoms with van der Waals surface area (Å²) in [7, 11) is 0. The molecule has 3 heteroatoms. The molecule has 0 saturated carbocycles. The van der Waals surface area contributed by atoms with Crippen LogP contribution in [0.25, 0.3) is 0 Å². The van der Waals surface area contributed by atoms with Gasteiger partial charge in [0.2, 0.25) is 0 Å². The van der Waals surface area contributed by atoms with Gasteiger partial charge in [-0.25, -0.2) is 0 Å². The number of hydrogen-bond donors (Lipinski definition) is 1. The Hall–Kier alpha value is -0.570. The summed E-state index contributed by atoms with van der Waals surface area (Å²) in [4.78, 5) is 11.9. The first kappa shape index (κ1) is 13.5. The third-order valence-corrected chi connectivity index (χ3v) is 3.30. The van der Waals surface area contributed by atoms with Crippen molar-refractivity contribution in [3.8, 4) is 0 Å².